The first-order valence-electron chi connectivity index (χ1n) is 5.81. The van der Waals surface area contributed by atoms with Gasteiger partial charge in [0, 0.05) is 12.7 Å². The van der Waals surface area contributed by atoms with E-state index < -0.39 is 0 Å². The molecule has 0 unspecified atom stereocenters. The summed E-state index contributed by atoms with van der Waals surface area (Å²) in [6.45, 7) is 5.98. The minimum atomic E-state index is 0.593. The Bertz CT molecular complexity index is 632. The molecule has 0 bridgehead atoms. The Balaban J connectivity index is 2.40. The van der Waals surface area contributed by atoms with Gasteiger partial charge in [-0.25, -0.2) is 0 Å². The summed E-state index contributed by atoms with van der Waals surface area (Å²) in [4.78, 5) is 0. The molecule has 0 saturated carbocycles. The second-order valence-electron chi connectivity index (χ2n) is 4.47. The molecule has 4 heteroatoms. The van der Waals surface area contributed by atoms with Gasteiger partial charge in [-0.05, 0) is 44.0 Å². The fraction of sp³-hybridized carbons (Fsp3) is 0.286. The maximum Gasteiger partial charge on any atom is 0.146 e. The van der Waals surface area contributed by atoms with Crippen LogP contribution in [-0.4, -0.2) is 9.78 Å². The third-order valence-electron chi connectivity index (χ3n) is 3.10. The van der Waals surface area contributed by atoms with Crippen LogP contribution in [-0.2, 0) is 7.05 Å². The SMILES string of the molecule is Cc1ccc(Nc2c(C#N)c(C)nn2C)cc1C. The number of aromatic nitrogens is 2. The lowest BCUT2D eigenvalue weighted by Crippen LogP contribution is -2.00. The topological polar surface area (TPSA) is 53.6 Å². The van der Waals surface area contributed by atoms with Crippen LogP contribution in [0.25, 0.3) is 0 Å². The van der Waals surface area contributed by atoms with Gasteiger partial charge in [0.05, 0.1) is 5.69 Å². The van der Waals surface area contributed by atoms with E-state index in [1.807, 2.05) is 20.0 Å². The monoisotopic (exact) mass is 240 g/mol. The summed E-state index contributed by atoms with van der Waals surface area (Å²) >= 11 is 0. The molecule has 0 fully saturated rings. The Labute approximate surface area is 107 Å². The summed E-state index contributed by atoms with van der Waals surface area (Å²) < 4.78 is 1.70. The highest BCUT2D eigenvalue weighted by Gasteiger charge is 2.12. The third-order valence-corrected chi connectivity index (χ3v) is 3.10. The smallest absolute Gasteiger partial charge is 0.146 e. The molecule has 0 amide bonds. The van der Waals surface area contributed by atoms with Crippen LogP contribution in [0.5, 0.6) is 0 Å². The van der Waals surface area contributed by atoms with Crippen molar-refractivity contribution in [2.45, 2.75) is 20.8 Å². The molecule has 0 aliphatic rings. The molecule has 18 heavy (non-hydrogen) atoms. The van der Waals surface area contributed by atoms with Crippen LogP contribution < -0.4 is 5.32 Å². The molecule has 1 aromatic carbocycles. The average Bonchev–Trinajstić information content (AvgIpc) is 2.58. The standard InChI is InChI=1S/C14H16N4/c1-9-5-6-12(7-10(9)2)16-14-13(8-15)11(3)17-18(14)4/h5-7,16H,1-4H3. The first kappa shape index (κ1) is 12.2. The first-order chi connectivity index (χ1) is 8.52. The van der Waals surface area contributed by atoms with Crippen molar-refractivity contribution in [1.82, 2.24) is 9.78 Å². The molecule has 1 aromatic heterocycles. The Hall–Kier alpha value is -2.28. The highest BCUT2D eigenvalue weighted by Crippen LogP contribution is 2.23. The normalized spacial score (nSPS) is 10.2. The summed E-state index contributed by atoms with van der Waals surface area (Å²) in [5.41, 5.74) is 4.78. The molecule has 92 valence electrons. The van der Waals surface area contributed by atoms with Crippen LogP contribution in [0.2, 0.25) is 0 Å². The third kappa shape index (κ3) is 2.07. The van der Waals surface area contributed by atoms with E-state index in [-0.39, 0.29) is 0 Å². The molecule has 2 aromatic rings. The van der Waals surface area contributed by atoms with Crippen LogP contribution in [0.15, 0.2) is 18.2 Å². The molecule has 1 N–H and O–H groups in total. The van der Waals surface area contributed by atoms with Gasteiger partial charge in [-0.1, -0.05) is 6.07 Å². The summed E-state index contributed by atoms with van der Waals surface area (Å²) in [6, 6.07) is 8.32. The number of benzene rings is 1. The van der Waals surface area contributed by atoms with E-state index in [0.29, 0.717) is 5.56 Å². The lowest BCUT2D eigenvalue weighted by Gasteiger charge is -2.09. The zero-order valence-corrected chi connectivity index (χ0v) is 11.1. The largest absolute Gasteiger partial charge is 0.339 e. The molecule has 0 spiro atoms. The van der Waals surface area contributed by atoms with Crippen molar-refractivity contribution in [3.8, 4) is 6.07 Å². The van der Waals surface area contributed by atoms with Crippen molar-refractivity contribution in [1.29, 1.82) is 5.26 Å². The molecule has 2 rings (SSSR count). The van der Waals surface area contributed by atoms with E-state index >= 15 is 0 Å². The molecule has 0 atom stereocenters. The van der Waals surface area contributed by atoms with Gasteiger partial charge < -0.3 is 5.32 Å². The quantitative estimate of drug-likeness (QED) is 0.878. The number of aryl methyl sites for hydroxylation is 4. The minimum absolute atomic E-state index is 0.593. The second-order valence-corrected chi connectivity index (χ2v) is 4.47. The zero-order chi connectivity index (χ0) is 13.3. The number of nitrogens with zero attached hydrogens (tertiary/aromatic N) is 3. The van der Waals surface area contributed by atoms with Gasteiger partial charge >= 0.3 is 0 Å². The van der Waals surface area contributed by atoms with E-state index in [1.54, 1.807) is 4.68 Å². The van der Waals surface area contributed by atoms with Crippen LogP contribution >= 0.6 is 0 Å². The van der Waals surface area contributed by atoms with Gasteiger partial charge in [-0.15, -0.1) is 0 Å². The van der Waals surface area contributed by atoms with Gasteiger partial charge in [-0.2, -0.15) is 10.4 Å². The Morgan fingerprint density at radius 3 is 2.56 bits per heavy atom. The van der Waals surface area contributed by atoms with Crippen molar-refractivity contribution >= 4 is 11.5 Å². The predicted octanol–water partition coefficient (Wildman–Crippen LogP) is 2.96. The average molecular weight is 240 g/mol. The van der Waals surface area contributed by atoms with E-state index in [0.717, 1.165) is 17.2 Å². The van der Waals surface area contributed by atoms with Crippen LogP contribution in [0.4, 0.5) is 11.5 Å². The highest BCUT2D eigenvalue weighted by atomic mass is 15.3. The first-order valence-corrected chi connectivity index (χ1v) is 5.81. The predicted molar refractivity (Wildman–Crippen MR) is 71.9 cm³/mol. The molecule has 0 saturated heterocycles. The Morgan fingerprint density at radius 2 is 1.94 bits per heavy atom. The van der Waals surface area contributed by atoms with Gasteiger partial charge in [0.2, 0.25) is 0 Å². The molecular formula is C14H16N4. The molecule has 4 nitrogen and oxygen atoms in total. The van der Waals surface area contributed by atoms with E-state index in [4.69, 9.17) is 5.26 Å². The number of nitriles is 1. The second kappa shape index (κ2) is 4.53. The van der Waals surface area contributed by atoms with Gasteiger partial charge in [-0.3, -0.25) is 4.68 Å². The van der Waals surface area contributed by atoms with Crippen molar-refractivity contribution < 1.29 is 0 Å². The van der Waals surface area contributed by atoms with E-state index in [1.165, 1.54) is 11.1 Å². The summed E-state index contributed by atoms with van der Waals surface area (Å²) in [5, 5.41) is 16.7. The Kier molecular flexibility index (Phi) is 3.07. The number of anilines is 2. The maximum atomic E-state index is 9.15. The van der Waals surface area contributed by atoms with Crippen LogP contribution in [0, 0.1) is 32.1 Å². The summed E-state index contributed by atoms with van der Waals surface area (Å²) in [7, 11) is 1.83. The number of hydrogen-bond donors (Lipinski definition) is 1. The lowest BCUT2D eigenvalue weighted by molar-refractivity contribution is 0.765. The van der Waals surface area contributed by atoms with Crippen molar-refractivity contribution in [2.24, 2.45) is 7.05 Å². The molecule has 1 heterocycles. The molecular weight excluding hydrogens is 224 g/mol. The minimum Gasteiger partial charge on any atom is -0.339 e. The van der Waals surface area contributed by atoms with Crippen LogP contribution in [0.1, 0.15) is 22.4 Å². The fourth-order valence-corrected chi connectivity index (χ4v) is 1.89. The summed E-state index contributed by atoms with van der Waals surface area (Å²) in [5.74, 6) is 0.734. The molecule has 0 aliphatic heterocycles. The van der Waals surface area contributed by atoms with Crippen LogP contribution in [0.3, 0.4) is 0 Å². The lowest BCUT2D eigenvalue weighted by atomic mass is 10.1. The van der Waals surface area contributed by atoms with Crippen molar-refractivity contribution in [3.63, 3.8) is 0 Å². The van der Waals surface area contributed by atoms with Gasteiger partial charge in [0.25, 0.3) is 0 Å². The maximum absolute atomic E-state index is 9.15. The van der Waals surface area contributed by atoms with Crippen molar-refractivity contribution in [3.05, 3.63) is 40.6 Å². The van der Waals surface area contributed by atoms with E-state index in [9.17, 15) is 0 Å². The fourth-order valence-electron chi connectivity index (χ4n) is 1.89. The summed E-state index contributed by atoms with van der Waals surface area (Å²) in [6.07, 6.45) is 0. The number of nitrogens with one attached hydrogen (secondary N) is 1. The van der Waals surface area contributed by atoms with Gasteiger partial charge in [0.1, 0.15) is 17.5 Å². The Morgan fingerprint density at radius 1 is 1.22 bits per heavy atom. The van der Waals surface area contributed by atoms with Crippen molar-refractivity contribution in [2.75, 3.05) is 5.32 Å². The number of hydrogen-bond acceptors (Lipinski definition) is 3. The highest BCUT2D eigenvalue weighted by molar-refractivity contribution is 5.65. The number of rotatable bonds is 2. The molecule has 0 aliphatic carbocycles. The molecule has 0 radical (unpaired) electrons. The zero-order valence-electron chi connectivity index (χ0n) is 11.1. The van der Waals surface area contributed by atoms with E-state index in [2.05, 4.69) is 42.5 Å². The van der Waals surface area contributed by atoms with Gasteiger partial charge in [0.15, 0.2) is 0 Å².